The van der Waals surface area contributed by atoms with Crippen molar-refractivity contribution in [1.29, 1.82) is 0 Å². The summed E-state index contributed by atoms with van der Waals surface area (Å²) in [6, 6.07) is 14.5. The quantitative estimate of drug-likeness (QED) is 0.868. The van der Waals surface area contributed by atoms with E-state index in [9.17, 15) is 9.00 Å². The molecule has 4 heteroatoms. The van der Waals surface area contributed by atoms with E-state index >= 15 is 0 Å². The number of para-hydroxylation sites is 1. The third kappa shape index (κ3) is 3.29. The molecule has 0 radical (unpaired) electrons. The van der Waals surface area contributed by atoms with Crippen molar-refractivity contribution in [2.24, 2.45) is 0 Å². The van der Waals surface area contributed by atoms with Gasteiger partial charge >= 0.3 is 0 Å². The van der Waals surface area contributed by atoms with Gasteiger partial charge in [0.15, 0.2) is 5.78 Å². The molecule has 0 bridgehead atoms. The number of ketones is 1. The number of hydrogen-bond acceptors (Lipinski definition) is 2. The minimum Gasteiger partial charge on any atom is -0.300 e. The summed E-state index contributed by atoms with van der Waals surface area (Å²) in [6.07, 6.45) is 0. The first-order valence-electron chi connectivity index (χ1n) is 5.93. The van der Waals surface area contributed by atoms with Crippen molar-refractivity contribution in [3.63, 3.8) is 0 Å². The number of carbonyl (C=O) groups is 1. The summed E-state index contributed by atoms with van der Waals surface area (Å²) >= 11 is 0. The monoisotopic (exact) mass is 273 g/mol. The van der Waals surface area contributed by atoms with Crippen LogP contribution in [0.2, 0.25) is 0 Å². The van der Waals surface area contributed by atoms with Crippen LogP contribution in [0.4, 0.5) is 5.69 Å². The molecule has 19 heavy (non-hydrogen) atoms. The minimum absolute atomic E-state index is 0.0518. The topological polar surface area (TPSA) is 46.2 Å². The predicted molar refractivity (Wildman–Crippen MR) is 77.7 cm³/mol. The molecule has 0 fully saturated rings. The second-order valence-electron chi connectivity index (χ2n) is 4.29. The van der Waals surface area contributed by atoms with Gasteiger partial charge in [-0.1, -0.05) is 29.8 Å². The number of anilines is 1. The highest BCUT2D eigenvalue weighted by Gasteiger charge is 2.09. The van der Waals surface area contributed by atoms with E-state index in [1.807, 2.05) is 31.2 Å². The molecule has 0 aliphatic rings. The van der Waals surface area contributed by atoms with Crippen molar-refractivity contribution in [2.45, 2.75) is 18.7 Å². The summed E-state index contributed by atoms with van der Waals surface area (Å²) in [5.41, 5.74) is 2.25. The first-order valence-corrected chi connectivity index (χ1v) is 7.08. The van der Waals surface area contributed by atoms with Crippen LogP contribution in [-0.2, 0) is 11.0 Å². The number of nitrogens with one attached hydrogen (secondary N) is 1. The van der Waals surface area contributed by atoms with E-state index < -0.39 is 11.0 Å². The molecule has 2 rings (SSSR count). The Morgan fingerprint density at radius 3 is 2.32 bits per heavy atom. The fourth-order valence-corrected chi connectivity index (χ4v) is 2.58. The Morgan fingerprint density at radius 2 is 1.68 bits per heavy atom. The third-order valence-electron chi connectivity index (χ3n) is 2.74. The third-order valence-corrected chi connectivity index (χ3v) is 3.85. The van der Waals surface area contributed by atoms with Gasteiger partial charge < -0.3 is 4.72 Å². The standard InChI is InChI=1S/C15H15NO2S/c1-11-7-9-13(10-8-11)19(18)16-15-6-4-3-5-14(15)12(2)17/h3-10,16H,1-2H3. The van der Waals surface area contributed by atoms with Gasteiger partial charge in [-0.3, -0.25) is 4.79 Å². The van der Waals surface area contributed by atoms with E-state index in [1.165, 1.54) is 6.92 Å². The average molecular weight is 273 g/mol. The van der Waals surface area contributed by atoms with Crippen LogP contribution in [0.1, 0.15) is 22.8 Å². The maximum absolute atomic E-state index is 12.2. The molecule has 0 saturated carbocycles. The SMILES string of the molecule is CC(=O)c1ccccc1NS(=O)c1ccc(C)cc1. The molecule has 98 valence electrons. The number of benzene rings is 2. The molecule has 3 nitrogen and oxygen atoms in total. The lowest BCUT2D eigenvalue weighted by Crippen LogP contribution is -2.08. The molecule has 1 atom stereocenters. The number of rotatable bonds is 4. The molecule has 0 amide bonds. The molecule has 1 unspecified atom stereocenters. The Bertz CT molecular complexity index is 620. The summed E-state index contributed by atoms with van der Waals surface area (Å²) < 4.78 is 15.1. The van der Waals surface area contributed by atoms with Crippen LogP contribution < -0.4 is 4.72 Å². The molecular formula is C15H15NO2S. The van der Waals surface area contributed by atoms with Gasteiger partial charge in [0.2, 0.25) is 0 Å². The van der Waals surface area contributed by atoms with Gasteiger partial charge in [0.1, 0.15) is 11.0 Å². The molecule has 2 aromatic carbocycles. The van der Waals surface area contributed by atoms with Crippen molar-refractivity contribution in [1.82, 2.24) is 0 Å². The lowest BCUT2D eigenvalue weighted by Gasteiger charge is -2.09. The van der Waals surface area contributed by atoms with Gasteiger partial charge in [-0.2, -0.15) is 0 Å². The Hall–Kier alpha value is -1.94. The summed E-state index contributed by atoms with van der Waals surface area (Å²) in [5, 5.41) is 0. The zero-order valence-electron chi connectivity index (χ0n) is 10.8. The van der Waals surface area contributed by atoms with Crippen molar-refractivity contribution in [2.75, 3.05) is 4.72 Å². The zero-order chi connectivity index (χ0) is 13.8. The summed E-state index contributed by atoms with van der Waals surface area (Å²) in [6.45, 7) is 3.47. The van der Waals surface area contributed by atoms with Crippen LogP contribution >= 0.6 is 0 Å². The summed E-state index contributed by atoms with van der Waals surface area (Å²) in [5.74, 6) is -0.0518. The first kappa shape index (κ1) is 13.5. The van der Waals surface area contributed by atoms with Gasteiger partial charge in [-0.25, -0.2) is 4.21 Å². The number of carbonyl (C=O) groups excluding carboxylic acids is 1. The van der Waals surface area contributed by atoms with E-state index in [4.69, 9.17) is 0 Å². The van der Waals surface area contributed by atoms with Gasteiger partial charge in [-0.05, 0) is 38.1 Å². The highest BCUT2D eigenvalue weighted by molar-refractivity contribution is 7.86. The van der Waals surface area contributed by atoms with Crippen molar-refractivity contribution in [3.05, 3.63) is 59.7 Å². The van der Waals surface area contributed by atoms with Gasteiger partial charge in [0, 0.05) is 5.56 Å². The summed E-state index contributed by atoms with van der Waals surface area (Å²) in [4.78, 5) is 12.2. The fraction of sp³-hybridized carbons (Fsp3) is 0.133. The molecule has 0 spiro atoms. The number of Topliss-reactive ketones (excluding diaryl/α,β-unsaturated/α-hetero) is 1. The maximum Gasteiger partial charge on any atom is 0.161 e. The average Bonchev–Trinajstić information content (AvgIpc) is 2.39. The lowest BCUT2D eigenvalue weighted by atomic mass is 10.1. The molecule has 1 N–H and O–H groups in total. The maximum atomic E-state index is 12.2. The Morgan fingerprint density at radius 1 is 1.05 bits per heavy atom. The molecule has 0 aromatic heterocycles. The predicted octanol–water partition coefficient (Wildman–Crippen LogP) is 3.33. The van der Waals surface area contributed by atoms with Crippen molar-refractivity contribution in [3.8, 4) is 0 Å². The lowest BCUT2D eigenvalue weighted by molar-refractivity contribution is 0.101. The van der Waals surface area contributed by atoms with E-state index in [2.05, 4.69) is 4.72 Å². The van der Waals surface area contributed by atoms with Crippen LogP contribution in [-0.4, -0.2) is 9.99 Å². The Labute approximate surface area is 115 Å². The van der Waals surface area contributed by atoms with E-state index in [0.29, 0.717) is 16.1 Å². The highest BCUT2D eigenvalue weighted by atomic mass is 32.2. The molecule has 0 saturated heterocycles. The van der Waals surface area contributed by atoms with Crippen molar-refractivity contribution >= 4 is 22.5 Å². The Balaban J connectivity index is 2.24. The smallest absolute Gasteiger partial charge is 0.161 e. The van der Waals surface area contributed by atoms with Crippen LogP contribution in [0.15, 0.2) is 53.4 Å². The van der Waals surface area contributed by atoms with Crippen LogP contribution in [0.3, 0.4) is 0 Å². The second kappa shape index (κ2) is 5.80. The normalized spacial score (nSPS) is 11.9. The Kier molecular flexibility index (Phi) is 4.12. The highest BCUT2D eigenvalue weighted by Crippen LogP contribution is 2.18. The molecular weight excluding hydrogens is 258 g/mol. The van der Waals surface area contributed by atoms with E-state index in [0.717, 1.165) is 5.56 Å². The number of hydrogen-bond donors (Lipinski definition) is 1. The fourth-order valence-electron chi connectivity index (χ4n) is 1.70. The summed E-state index contributed by atoms with van der Waals surface area (Å²) in [7, 11) is -1.37. The zero-order valence-corrected chi connectivity index (χ0v) is 11.7. The van der Waals surface area contributed by atoms with Gasteiger partial charge in [-0.15, -0.1) is 0 Å². The van der Waals surface area contributed by atoms with Gasteiger partial charge in [0.25, 0.3) is 0 Å². The van der Waals surface area contributed by atoms with Crippen LogP contribution in [0.5, 0.6) is 0 Å². The molecule has 0 heterocycles. The van der Waals surface area contributed by atoms with Crippen molar-refractivity contribution < 1.29 is 9.00 Å². The van der Waals surface area contributed by atoms with E-state index in [-0.39, 0.29) is 5.78 Å². The van der Waals surface area contributed by atoms with Crippen LogP contribution in [0, 0.1) is 6.92 Å². The second-order valence-corrected chi connectivity index (χ2v) is 5.50. The minimum atomic E-state index is -1.37. The molecule has 0 aliphatic heterocycles. The first-order chi connectivity index (χ1) is 9.08. The van der Waals surface area contributed by atoms with E-state index in [1.54, 1.807) is 24.3 Å². The van der Waals surface area contributed by atoms with Gasteiger partial charge in [0.05, 0.1) is 10.6 Å². The largest absolute Gasteiger partial charge is 0.300 e. The molecule has 0 aliphatic carbocycles. The molecule has 2 aromatic rings. The van der Waals surface area contributed by atoms with Crippen LogP contribution in [0.25, 0.3) is 0 Å². The number of aryl methyl sites for hydroxylation is 1.